The molecule has 4 rings (SSSR count). The van der Waals surface area contributed by atoms with Crippen LogP contribution in [0.15, 0.2) is 42.5 Å². The van der Waals surface area contributed by atoms with Gasteiger partial charge < -0.3 is 19.5 Å². The number of ether oxygens (including phenoxy) is 3. The first-order valence-electron chi connectivity index (χ1n) is 9.04. The average Bonchev–Trinajstić information content (AvgIpc) is 2.71. The van der Waals surface area contributed by atoms with Crippen LogP contribution in [0.3, 0.4) is 0 Å². The smallest absolute Gasteiger partial charge is 0.258 e. The quantitative estimate of drug-likeness (QED) is 0.654. The molecule has 2 heterocycles. The normalized spacial score (nSPS) is 15.2. The van der Waals surface area contributed by atoms with Gasteiger partial charge in [-0.2, -0.15) is 0 Å². The molecule has 0 aliphatic carbocycles. The number of carbonyl (C=O) groups is 1. The second-order valence-electron chi connectivity index (χ2n) is 6.61. The van der Waals surface area contributed by atoms with Gasteiger partial charge in [-0.05, 0) is 37.3 Å². The molecule has 0 radical (unpaired) electrons. The molecule has 1 aliphatic heterocycles. The molecule has 0 fully saturated rings. The van der Waals surface area contributed by atoms with Crippen molar-refractivity contribution in [3.05, 3.63) is 58.2 Å². The highest BCUT2D eigenvalue weighted by molar-refractivity contribution is 6.39. The number of hydrogen-bond donors (Lipinski definition) is 1. The molecule has 8 heteroatoms. The molecule has 1 aliphatic rings. The molecule has 29 heavy (non-hydrogen) atoms. The van der Waals surface area contributed by atoms with Crippen molar-refractivity contribution in [2.45, 2.75) is 13.0 Å². The fourth-order valence-electron chi connectivity index (χ4n) is 3.01. The van der Waals surface area contributed by atoms with E-state index in [0.29, 0.717) is 51.3 Å². The number of fused-ring (bicyclic) bond motifs is 2. The van der Waals surface area contributed by atoms with Crippen LogP contribution in [-0.4, -0.2) is 36.8 Å². The van der Waals surface area contributed by atoms with Crippen molar-refractivity contribution in [1.82, 2.24) is 10.3 Å². The van der Waals surface area contributed by atoms with Gasteiger partial charge in [0.15, 0.2) is 23.9 Å². The number of halogens is 2. The van der Waals surface area contributed by atoms with E-state index in [4.69, 9.17) is 37.4 Å². The number of pyridine rings is 1. The Bertz CT molecular complexity index is 1070. The number of nitrogens with zero attached hydrogens (tertiary/aromatic N) is 1. The van der Waals surface area contributed by atoms with Gasteiger partial charge in [0, 0.05) is 11.1 Å². The molecule has 1 atom stereocenters. The first-order valence-corrected chi connectivity index (χ1v) is 9.80. The molecule has 0 saturated heterocycles. The Morgan fingerprint density at radius 3 is 2.83 bits per heavy atom. The second-order valence-corrected chi connectivity index (χ2v) is 7.42. The summed E-state index contributed by atoms with van der Waals surface area (Å²) in [5.41, 5.74) is 1.32. The first-order chi connectivity index (χ1) is 14.0. The van der Waals surface area contributed by atoms with Crippen molar-refractivity contribution in [2.75, 3.05) is 19.8 Å². The average molecular weight is 433 g/mol. The van der Waals surface area contributed by atoms with Gasteiger partial charge in [0.05, 0.1) is 16.6 Å². The summed E-state index contributed by atoms with van der Waals surface area (Å²) >= 11 is 12.5. The third kappa shape index (κ3) is 4.33. The highest BCUT2D eigenvalue weighted by atomic mass is 35.5. The van der Waals surface area contributed by atoms with Crippen LogP contribution in [0.25, 0.3) is 10.9 Å². The summed E-state index contributed by atoms with van der Waals surface area (Å²) < 4.78 is 17.1. The molecule has 0 saturated carbocycles. The van der Waals surface area contributed by atoms with E-state index in [0.717, 1.165) is 5.69 Å². The number of para-hydroxylation sites is 2. The third-order valence-electron chi connectivity index (χ3n) is 4.42. The highest BCUT2D eigenvalue weighted by Gasteiger charge is 2.21. The van der Waals surface area contributed by atoms with Gasteiger partial charge in [0.25, 0.3) is 5.91 Å². The van der Waals surface area contributed by atoms with Gasteiger partial charge in [-0.1, -0.05) is 35.3 Å². The van der Waals surface area contributed by atoms with Crippen LogP contribution >= 0.6 is 23.2 Å². The van der Waals surface area contributed by atoms with E-state index < -0.39 is 0 Å². The number of hydrogen-bond acceptors (Lipinski definition) is 5. The number of benzene rings is 2. The van der Waals surface area contributed by atoms with E-state index in [1.54, 1.807) is 6.07 Å². The highest BCUT2D eigenvalue weighted by Crippen LogP contribution is 2.37. The van der Waals surface area contributed by atoms with Gasteiger partial charge in [0.1, 0.15) is 18.2 Å². The molecule has 3 aromatic rings. The van der Waals surface area contributed by atoms with Crippen molar-refractivity contribution in [2.24, 2.45) is 0 Å². The number of aryl methyl sites for hydroxylation is 1. The third-order valence-corrected chi connectivity index (χ3v) is 5.01. The number of carbonyl (C=O) groups excluding carboxylic acids is 1. The summed E-state index contributed by atoms with van der Waals surface area (Å²) in [6.07, 6.45) is -0.280. The SMILES string of the molecule is Cc1ccc2c(Cl)cc(Cl)c(OCC(=O)NC[C@H]3COc4ccccc4O3)c2n1. The lowest BCUT2D eigenvalue weighted by Crippen LogP contribution is -2.42. The van der Waals surface area contributed by atoms with Crippen LogP contribution in [0.2, 0.25) is 10.0 Å². The Hall–Kier alpha value is -2.70. The molecule has 150 valence electrons. The van der Waals surface area contributed by atoms with Crippen molar-refractivity contribution in [1.29, 1.82) is 0 Å². The van der Waals surface area contributed by atoms with Crippen molar-refractivity contribution in [3.8, 4) is 17.2 Å². The van der Waals surface area contributed by atoms with Crippen molar-refractivity contribution < 1.29 is 19.0 Å². The first kappa shape index (κ1) is 19.6. The molecule has 6 nitrogen and oxygen atoms in total. The van der Waals surface area contributed by atoms with Crippen LogP contribution in [0, 0.1) is 6.92 Å². The summed E-state index contributed by atoms with van der Waals surface area (Å²) in [6, 6.07) is 12.7. The summed E-state index contributed by atoms with van der Waals surface area (Å²) in [5.74, 6) is 1.39. The maximum absolute atomic E-state index is 12.3. The lowest BCUT2D eigenvalue weighted by Gasteiger charge is -2.26. The number of aromatic nitrogens is 1. The lowest BCUT2D eigenvalue weighted by molar-refractivity contribution is -0.123. The van der Waals surface area contributed by atoms with E-state index in [-0.39, 0.29) is 18.6 Å². The monoisotopic (exact) mass is 432 g/mol. The maximum Gasteiger partial charge on any atom is 0.258 e. The van der Waals surface area contributed by atoms with Gasteiger partial charge in [-0.25, -0.2) is 4.98 Å². The van der Waals surface area contributed by atoms with Gasteiger partial charge in [-0.15, -0.1) is 0 Å². The molecule has 0 unspecified atom stereocenters. The van der Waals surface area contributed by atoms with Crippen molar-refractivity contribution in [3.63, 3.8) is 0 Å². The molecular weight excluding hydrogens is 415 g/mol. The minimum Gasteiger partial charge on any atom is -0.486 e. The Labute approximate surface area is 177 Å². The number of amides is 1. The van der Waals surface area contributed by atoms with Crippen LogP contribution < -0.4 is 19.5 Å². The van der Waals surface area contributed by atoms with E-state index in [1.165, 1.54) is 0 Å². The number of rotatable bonds is 5. The zero-order valence-corrected chi connectivity index (χ0v) is 17.1. The molecule has 0 spiro atoms. The van der Waals surface area contributed by atoms with Crippen LogP contribution in [0.4, 0.5) is 0 Å². The standard InChI is InChI=1S/C21H18Cl2N2O4/c1-12-6-7-14-15(22)8-16(23)21(20(14)25-12)28-11-19(26)24-9-13-10-27-17-4-2-3-5-18(17)29-13/h2-8,13H,9-11H2,1H3,(H,24,26)/t13-/m0/s1. The van der Waals surface area contributed by atoms with Gasteiger partial charge in [-0.3, -0.25) is 4.79 Å². The van der Waals surface area contributed by atoms with Gasteiger partial charge >= 0.3 is 0 Å². The molecule has 2 aromatic carbocycles. The largest absolute Gasteiger partial charge is 0.486 e. The summed E-state index contributed by atoms with van der Waals surface area (Å²) in [5, 5.41) is 4.27. The Morgan fingerprint density at radius 2 is 2.00 bits per heavy atom. The summed E-state index contributed by atoms with van der Waals surface area (Å²) in [4.78, 5) is 16.7. The van der Waals surface area contributed by atoms with E-state index in [2.05, 4.69) is 10.3 Å². The second kappa shape index (κ2) is 8.35. The molecule has 0 bridgehead atoms. The van der Waals surface area contributed by atoms with Crippen LogP contribution in [0.1, 0.15) is 5.69 Å². The Balaban J connectivity index is 1.37. The predicted octanol–water partition coefficient (Wildman–Crippen LogP) is 4.19. The van der Waals surface area contributed by atoms with Crippen LogP contribution in [0.5, 0.6) is 17.2 Å². The predicted molar refractivity (Wildman–Crippen MR) is 111 cm³/mol. The molecular formula is C21H18Cl2N2O4. The summed E-state index contributed by atoms with van der Waals surface area (Å²) in [6.45, 7) is 2.29. The molecule has 1 N–H and O–H groups in total. The Morgan fingerprint density at radius 1 is 1.21 bits per heavy atom. The van der Waals surface area contributed by atoms with E-state index in [1.807, 2.05) is 43.3 Å². The van der Waals surface area contributed by atoms with Gasteiger partial charge in [0.2, 0.25) is 0 Å². The minimum absolute atomic E-state index is 0.212. The maximum atomic E-state index is 12.3. The van der Waals surface area contributed by atoms with E-state index in [9.17, 15) is 4.79 Å². The Kier molecular flexibility index (Phi) is 5.65. The lowest BCUT2D eigenvalue weighted by atomic mass is 10.2. The van der Waals surface area contributed by atoms with E-state index >= 15 is 0 Å². The zero-order chi connectivity index (χ0) is 20.4. The fraction of sp³-hybridized carbons (Fsp3) is 0.238. The zero-order valence-electron chi connectivity index (χ0n) is 15.6. The van der Waals surface area contributed by atoms with Crippen molar-refractivity contribution >= 4 is 40.0 Å². The topological polar surface area (TPSA) is 69.7 Å². The summed E-state index contributed by atoms with van der Waals surface area (Å²) in [7, 11) is 0. The molecule has 1 aromatic heterocycles. The minimum atomic E-state index is -0.306. The fourth-order valence-corrected chi connectivity index (χ4v) is 3.58. The van der Waals surface area contributed by atoms with Crippen LogP contribution in [-0.2, 0) is 4.79 Å². The number of nitrogens with one attached hydrogen (secondary N) is 1. The molecule has 1 amide bonds.